The van der Waals surface area contributed by atoms with Crippen molar-refractivity contribution in [3.63, 3.8) is 0 Å². The van der Waals surface area contributed by atoms with Crippen molar-refractivity contribution in [2.24, 2.45) is 0 Å². The summed E-state index contributed by atoms with van der Waals surface area (Å²) in [4.78, 5) is 10.5. The molecule has 0 bridgehead atoms. The molecule has 2 aromatic heterocycles. The summed E-state index contributed by atoms with van der Waals surface area (Å²) in [6.45, 7) is 8.35. The molecule has 0 aliphatic heterocycles. The number of hydrogen-bond acceptors (Lipinski definition) is 2. The van der Waals surface area contributed by atoms with Gasteiger partial charge in [0.15, 0.2) is 5.65 Å². The van der Waals surface area contributed by atoms with E-state index < -0.39 is 0 Å². The molecule has 10 aromatic rings. The first-order chi connectivity index (χ1) is 25.7. The fourth-order valence-electron chi connectivity index (χ4n) is 8.20. The van der Waals surface area contributed by atoms with Crippen LogP contribution in [0, 0.1) is 0 Å². The lowest BCUT2D eigenvalue weighted by Crippen LogP contribution is -1.98. The first kappa shape index (κ1) is 30.0. The Bertz CT molecular complexity index is 3170. The number of benzene rings is 7. The molecule has 242 valence electrons. The zero-order valence-corrected chi connectivity index (χ0v) is 28.5. The number of fused-ring (bicyclic) bond motifs is 3. The van der Waals surface area contributed by atoms with Gasteiger partial charge in [-0.25, -0.2) is 9.97 Å². The summed E-state index contributed by atoms with van der Waals surface area (Å²) in [5.74, 6) is 0. The molecule has 0 fully saturated rings. The van der Waals surface area contributed by atoms with Crippen molar-refractivity contribution < 1.29 is 0 Å². The van der Waals surface area contributed by atoms with Crippen molar-refractivity contribution in [2.75, 3.05) is 0 Å². The maximum Gasteiger partial charge on any atom is 0.160 e. The van der Waals surface area contributed by atoms with Gasteiger partial charge < -0.3 is 0 Å². The van der Waals surface area contributed by atoms with Crippen LogP contribution < -0.4 is 5.22 Å². The minimum Gasteiger partial charge on any atom is -0.228 e. The SMILES string of the molecule is C=C/C=C\c1cccccc(=C)c2ccc(-c3ccc4ccc(-c5ccc6c7cccc8cccc(c9cccc5c96)c87)nc4n3)c3cccc1c32. The predicted octanol–water partition coefficient (Wildman–Crippen LogP) is 12.8. The highest BCUT2D eigenvalue weighted by Crippen LogP contribution is 2.43. The molecule has 2 heteroatoms. The predicted molar refractivity (Wildman–Crippen MR) is 224 cm³/mol. The number of nitrogens with zero attached hydrogens (tertiary/aromatic N) is 2. The molecule has 2 nitrogen and oxygen atoms in total. The highest BCUT2D eigenvalue weighted by Gasteiger charge is 2.17. The third kappa shape index (κ3) is 4.58. The number of aromatic nitrogens is 2. The monoisotopic (exact) mass is 660 g/mol. The molecule has 0 N–H and O–H groups in total. The molecule has 0 aliphatic rings. The lowest BCUT2D eigenvalue weighted by molar-refractivity contribution is 1.29. The van der Waals surface area contributed by atoms with E-state index in [4.69, 9.17) is 9.97 Å². The Balaban J connectivity index is 1.19. The average Bonchev–Trinajstić information content (AvgIpc) is 3.19. The smallest absolute Gasteiger partial charge is 0.160 e. The summed E-state index contributed by atoms with van der Waals surface area (Å²) in [5, 5.41) is 16.7. The van der Waals surface area contributed by atoms with E-state index in [9.17, 15) is 0 Å². The molecule has 52 heavy (non-hydrogen) atoms. The first-order valence-corrected chi connectivity index (χ1v) is 17.6. The van der Waals surface area contributed by atoms with E-state index >= 15 is 0 Å². The maximum atomic E-state index is 5.25. The van der Waals surface area contributed by atoms with Crippen LogP contribution in [0.5, 0.6) is 0 Å². The Morgan fingerprint density at radius 1 is 0.404 bits per heavy atom. The van der Waals surface area contributed by atoms with Gasteiger partial charge in [0.05, 0.1) is 11.4 Å². The van der Waals surface area contributed by atoms with Gasteiger partial charge in [0.2, 0.25) is 0 Å². The van der Waals surface area contributed by atoms with Gasteiger partial charge >= 0.3 is 0 Å². The maximum absolute atomic E-state index is 5.25. The van der Waals surface area contributed by atoms with Crippen LogP contribution >= 0.6 is 0 Å². The van der Waals surface area contributed by atoms with Gasteiger partial charge in [0, 0.05) is 16.5 Å². The van der Waals surface area contributed by atoms with E-state index in [1.165, 1.54) is 43.1 Å². The van der Waals surface area contributed by atoms with E-state index in [0.29, 0.717) is 0 Å². The first-order valence-electron chi connectivity index (χ1n) is 17.6. The zero-order valence-electron chi connectivity index (χ0n) is 28.5. The van der Waals surface area contributed by atoms with Crippen LogP contribution in [0.1, 0.15) is 5.56 Å². The van der Waals surface area contributed by atoms with Crippen LogP contribution in [0.15, 0.2) is 170 Å². The molecular weight excluding hydrogens is 629 g/mol. The lowest BCUT2D eigenvalue weighted by atomic mass is 9.88. The van der Waals surface area contributed by atoms with Crippen LogP contribution in [-0.4, -0.2) is 9.97 Å². The number of pyridine rings is 2. The zero-order chi connectivity index (χ0) is 34.8. The van der Waals surface area contributed by atoms with E-state index in [2.05, 4.69) is 159 Å². The van der Waals surface area contributed by atoms with Crippen LogP contribution in [0.3, 0.4) is 0 Å². The van der Waals surface area contributed by atoms with Gasteiger partial charge in [0.25, 0.3) is 0 Å². The molecule has 0 amide bonds. The Labute approximate surface area is 301 Å². The second-order valence-corrected chi connectivity index (χ2v) is 13.4. The Morgan fingerprint density at radius 2 is 0.942 bits per heavy atom. The Kier molecular flexibility index (Phi) is 6.84. The van der Waals surface area contributed by atoms with Gasteiger partial charge in [-0.05, 0) is 99.7 Å². The van der Waals surface area contributed by atoms with Crippen molar-refractivity contribution in [1.29, 1.82) is 0 Å². The topological polar surface area (TPSA) is 25.8 Å². The van der Waals surface area contributed by atoms with Crippen molar-refractivity contribution in [2.45, 2.75) is 0 Å². The third-order valence-electron chi connectivity index (χ3n) is 10.5. The molecule has 0 saturated carbocycles. The van der Waals surface area contributed by atoms with Gasteiger partial charge in [0.1, 0.15) is 0 Å². The number of allylic oxidation sites excluding steroid dienone is 2. The molecule has 0 radical (unpaired) electrons. The third-order valence-corrected chi connectivity index (χ3v) is 10.5. The Morgan fingerprint density at radius 3 is 1.62 bits per heavy atom. The van der Waals surface area contributed by atoms with E-state index in [-0.39, 0.29) is 0 Å². The molecule has 0 saturated heterocycles. The molecule has 0 spiro atoms. The summed E-state index contributed by atoms with van der Waals surface area (Å²) >= 11 is 0. The van der Waals surface area contributed by atoms with Gasteiger partial charge in [-0.1, -0.05) is 159 Å². The standard InChI is InChI=1S/C50H32N2/c1-3-4-13-32-14-7-5-6-12-31(2)35-25-26-37(39-20-10-17-36(32)48(35)39)45-29-23-34-24-30-46(52-50(34)51-45)38-27-28-44-42-19-9-16-33-15-8-18-41(47(33)42)43-22-11-21-40(38)49(43)44/h3-30H,1-2H2/b7-5?,12-6?,13-4-,32-14?. The van der Waals surface area contributed by atoms with Crippen LogP contribution in [0.2, 0.25) is 0 Å². The summed E-state index contributed by atoms with van der Waals surface area (Å²) in [7, 11) is 0. The Hall–Kier alpha value is -6.90. The second kappa shape index (κ2) is 11.9. The highest BCUT2D eigenvalue weighted by atomic mass is 14.9. The normalized spacial score (nSPS) is 11.9. The molecule has 10 rings (SSSR count). The van der Waals surface area contributed by atoms with Crippen molar-refractivity contribution in [1.82, 2.24) is 9.97 Å². The lowest BCUT2D eigenvalue weighted by Gasteiger charge is -2.16. The van der Waals surface area contributed by atoms with Crippen LogP contribution in [0.25, 0.3) is 111 Å². The van der Waals surface area contributed by atoms with Crippen LogP contribution in [-0.2, 0) is 0 Å². The summed E-state index contributed by atoms with van der Waals surface area (Å²) < 4.78 is 0. The van der Waals surface area contributed by atoms with Crippen molar-refractivity contribution in [3.05, 3.63) is 181 Å². The summed E-state index contributed by atoms with van der Waals surface area (Å²) in [6, 6.07) is 54.2. The largest absolute Gasteiger partial charge is 0.228 e. The minimum atomic E-state index is 0.723. The molecule has 0 unspecified atom stereocenters. The number of rotatable bonds is 4. The summed E-state index contributed by atoms with van der Waals surface area (Å²) in [6.07, 6.45) is 5.90. The highest BCUT2D eigenvalue weighted by molar-refractivity contribution is 6.34. The average molecular weight is 661 g/mol. The summed E-state index contributed by atoms with van der Waals surface area (Å²) in [5.41, 5.74) is 5.78. The van der Waals surface area contributed by atoms with E-state index in [0.717, 1.165) is 65.9 Å². The van der Waals surface area contributed by atoms with E-state index in [1.54, 1.807) is 0 Å². The quantitative estimate of drug-likeness (QED) is 0.107. The molecule has 0 atom stereocenters. The van der Waals surface area contributed by atoms with Crippen molar-refractivity contribution in [3.8, 4) is 22.5 Å². The van der Waals surface area contributed by atoms with Gasteiger partial charge in [-0.3, -0.25) is 0 Å². The fraction of sp³-hybridized carbons (Fsp3) is 0. The van der Waals surface area contributed by atoms with Gasteiger partial charge in [-0.15, -0.1) is 0 Å². The van der Waals surface area contributed by atoms with Gasteiger partial charge in [-0.2, -0.15) is 0 Å². The second-order valence-electron chi connectivity index (χ2n) is 13.4. The van der Waals surface area contributed by atoms with Crippen molar-refractivity contribution >= 4 is 88.3 Å². The molecule has 0 aliphatic carbocycles. The van der Waals surface area contributed by atoms with Crippen LogP contribution in [0.4, 0.5) is 0 Å². The fourth-order valence-corrected chi connectivity index (χ4v) is 8.20. The molecule has 8 aromatic carbocycles. The number of hydrogen-bond donors (Lipinski definition) is 0. The molecular formula is C50H32N2. The van der Waals surface area contributed by atoms with E-state index in [1.807, 2.05) is 24.3 Å². The molecule has 2 heterocycles. The minimum absolute atomic E-state index is 0.723.